The summed E-state index contributed by atoms with van der Waals surface area (Å²) in [5, 5.41) is 8.23. The van der Waals surface area contributed by atoms with Crippen LogP contribution in [0.4, 0.5) is 0 Å². The molecule has 1 aromatic carbocycles. The summed E-state index contributed by atoms with van der Waals surface area (Å²) in [6.07, 6.45) is 0. The van der Waals surface area contributed by atoms with Crippen LogP contribution in [0.5, 0.6) is 0 Å². The Morgan fingerprint density at radius 1 is 1.47 bits per heavy atom. The Morgan fingerprint density at radius 2 is 2.13 bits per heavy atom. The summed E-state index contributed by atoms with van der Waals surface area (Å²) in [6, 6.07) is 10.1. The first-order chi connectivity index (χ1) is 7.24. The van der Waals surface area contributed by atoms with Crippen LogP contribution < -0.4 is 5.73 Å². The molecule has 2 N–H and O–H groups in total. The minimum Gasteiger partial charge on any atom is -0.322 e. The first-order valence-corrected chi connectivity index (χ1v) is 5.68. The van der Waals surface area contributed by atoms with Crippen LogP contribution >= 0.6 is 11.8 Å². The van der Waals surface area contributed by atoms with Gasteiger partial charge < -0.3 is 5.73 Å². The monoisotopic (exact) mass is 221 g/mol. The van der Waals surface area contributed by atoms with Crippen LogP contribution in [0, 0.1) is 0 Å². The van der Waals surface area contributed by atoms with Crippen LogP contribution in [0.25, 0.3) is 0 Å². The Labute approximate surface area is 94.5 Å². The molecule has 0 fully saturated rings. The molecule has 0 radical (unpaired) electrons. The molecule has 0 spiro atoms. The lowest BCUT2D eigenvalue weighted by Crippen LogP contribution is -2.24. The van der Waals surface area contributed by atoms with Crippen molar-refractivity contribution in [1.29, 1.82) is 0 Å². The zero-order valence-electron chi connectivity index (χ0n) is 8.76. The fourth-order valence-corrected chi connectivity index (χ4v) is 1.94. The quantitative estimate of drug-likeness (QED) is 0.482. The van der Waals surface area contributed by atoms with Crippen molar-refractivity contribution in [2.24, 2.45) is 15.9 Å². The second-order valence-corrected chi connectivity index (χ2v) is 4.14. The maximum atomic E-state index is 5.75. The molecule has 0 heterocycles. The van der Waals surface area contributed by atoms with E-state index in [0.717, 1.165) is 10.8 Å². The number of thioether (sulfide) groups is 1. The van der Waals surface area contributed by atoms with Crippen LogP contribution in [0.2, 0.25) is 0 Å². The lowest BCUT2D eigenvalue weighted by molar-refractivity contribution is 0.978. The summed E-state index contributed by atoms with van der Waals surface area (Å²) >= 11 is 1.60. The standard InChI is InChI=1S/C11H15N3S/c1-9(12)11(14-13-2)15-8-10-6-4-3-5-7-10/h3-7,9H,2,8,12H2,1H3/b14-11-. The molecule has 15 heavy (non-hydrogen) atoms. The normalized spacial score (nSPS) is 13.6. The molecule has 0 bridgehead atoms. The van der Waals surface area contributed by atoms with Crippen molar-refractivity contribution in [2.45, 2.75) is 18.7 Å². The van der Waals surface area contributed by atoms with Crippen molar-refractivity contribution in [3.8, 4) is 0 Å². The third-order valence-corrected chi connectivity index (χ3v) is 3.02. The van der Waals surface area contributed by atoms with Crippen molar-refractivity contribution in [1.82, 2.24) is 0 Å². The average molecular weight is 221 g/mol. The number of hydrogen-bond acceptors (Lipinski definition) is 4. The van der Waals surface area contributed by atoms with Gasteiger partial charge in [0, 0.05) is 12.5 Å². The summed E-state index contributed by atoms with van der Waals surface area (Å²) in [6.45, 7) is 5.22. The third kappa shape index (κ3) is 4.27. The van der Waals surface area contributed by atoms with Gasteiger partial charge in [-0.15, -0.1) is 16.9 Å². The topological polar surface area (TPSA) is 50.7 Å². The molecule has 1 atom stereocenters. The van der Waals surface area contributed by atoms with E-state index in [9.17, 15) is 0 Å². The molecule has 3 nitrogen and oxygen atoms in total. The molecule has 0 saturated heterocycles. The Hall–Kier alpha value is -1.13. The van der Waals surface area contributed by atoms with Crippen molar-refractivity contribution in [3.63, 3.8) is 0 Å². The predicted molar refractivity (Wildman–Crippen MR) is 68.4 cm³/mol. The van der Waals surface area contributed by atoms with Crippen molar-refractivity contribution >= 4 is 23.5 Å². The van der Waals surface area contributed by atoms with Gasteiger partial charge in [-0.3, -0.25) is 0 Å². The Morgan fingerprint density at radius 3 is 2.67 bits per heavy atom. The lowest BCUT2D eigenvalue weighted by atomic mass is 10.2. The largest absolute Gasteiger partial charge is 0.322 e. The van der Waals surface area contributed by atoms with Crippen LogP contribution in [0.15, 0.2) is 40.5 Å². The number of nitrogens with two attached hydrogens (primary N) is 1. The second kappa shape index (κ2) is 6.37. The molecule has 4 heteroatoms. The zero-order valence-corrected chi connectivity index (χ0v) is 9.57. The molecule has 1 rings (SSSR count). The number of benzene rings is 1. The molecule has 0 amide bonds. The first kappa shape index (κ1) is 11.9. The van der Waals surface area contributed by atoms with Crippen LogP contribution in [0.1, 0.15) is 12.5 Å². The Bertz CT molecular complexity index is 333. The molecule has 0 aromatic heterocycles. The molecular formula is C11H15N3S. The van der Waals surface area contributed by atoms with Gasteiger partial charge in [0.05, 0.1) is 6.04 Å². The molecule has 0 saturated carbocycles. The minimum atomic E-state index is -0.0933. The van der Waals surface area contributed by atoms with Gasteiger partial charge in [0.15, 0.2) is 0 Å². The SMILES string of the molecule is C=N/N=C(\SCc1ccccc1)C(C)N. The average Bonchev–Trinajstić information content (AvgIpc) is 2.25. The maximum Gasteiger partial charge on any atom is 0.113 e. The maximum absolute atomic E-state index is 5.75. The van der Waals surface area contributed by atoms with Gasteiger partial charge in [0.2, 0.25) is 0 Å². The lowest BCUT2D eigenvalue weighted by Gasteiger charge is -2.07. The van der Waals surface area contributed by atoms with Crippen molar-refractivity contribution in [3.05, 3.63) is 35.9 Å². The molecule has 0 aliphatic rings. The number of hydrogen-bond donors (Lipinski definition) is 1. The van der Waals surface area contributed by atoms with Gasteiger partial charge in [0.25, 0.3) is 0 Å². The van der Waals surface area contributed by atoms with E-state index in [1.54, 1.807) is 11.8 Å². The van der Waals surface area contributed by atoms with E-state index in [1.165, 1.54) is 5.56 Å². The summed E-state index contributed by atoms with van der Waals surface area (Å²) in [4.78, 5) is 0. The van der Waals surface area contributed by atoms with Gasteiger partial charge in [-0.2, -0.15) is 5.10 Å². The summed E-state index contributed by atoms with van der Waals surface area (Å²) in [5.74, 6) is 0.858. The summed E-state index contributed by atoms with van der Waals surface area (Å²) < 4.78 is 0. The smallest absolute Gasteiger partial charge is 0.113 e. The Kier molecular flexibility index (Phi) is 5.07. The van der Waals surface area contributed by atoms with E-state index >= 15 is 0 Å². The fourth-order valence-electron chi connectivity index (χ4n) is 1.05. The van der Waals surface area contributed by atoms with Gasteiger partial charge in [-0.1, -0.05) is 30.3 Å². The molecule has 0 aliphatic heterocycles. The van der Waals surface area contributed by atoms with Crippen molar-refractivity contribution in [2.75, 3.05) is 0 Å². The first-order valence-electron chi connectivity index (χ1n) is 4.70. The van der Waals surface area contributed by atoms with Crippen LogP contribution in [0.3, 0.4) is 0 Å². The zero-order chi connectivity index (χ0) is 11.1. The van der Waals surface area contributed by atoms with E-state index in [1.807, 2.05) is 25.1 Å². The molecule has 80 valence electrons. The van der Waals surface area contributed by atoms with Gasteiger partial charge in [-0.25, -0.2) is 0 Å². The second-order valence-electron chi connectivity index (χ2n) is 3.14. The highest BCUT2D eigenvalue weighted by Gasteiger charge is 2.06. The highest BCUT2D eigenvalue weighted by Crippen LogP contribution is 2.15. The molecular weight excluding hydrogens is 206 g/mol. The van der Waals surface area contributed by atoms with E-state index in [4.69, 9.17) is 5.73 Å². The predicted octanol–water partition coefficient (Wildman–Crippen LogP) is 2.28. The van der Waals surface area contributed by atoms with Gasteiger partial charge >= 0.3 is 0 Å². The third-order valence-electron chi connectivity index (χ3n) is 1.79. The molecule has 0 aliphatic carbocycles. The van der Waals surface area contributed by atoms with E-state index in [0.29, 0.717) is 0 Å². The molecule has 1 aromatic rings. The number of nitrogens with zero attached hydrogens (tertiary/aromatic N) is 2. The highest BCUT2D eigenvalue weighted by atomic mass is 32.2. The van der Waals surface area contributed by atoms with Crippen LogP contribution in [-0.4, -0.2) is 17.8 Å². The highest BCUT2D eigenvalue weighted by molar-refractivity contribution is 8.13. The molecule has 1 unspecified atom stereocenters. The number of rotatable bonds is 4. The summed E-state index contributed by atoms with van der Waals surface area (Å²) in [7, 11) is 0. The van der Waals surface area contributed by atoms with E-state index in [2.05, 4.69) is 29.1 Å². The van der Waals surface area contributed by atoms with E-state index in [-0.39, 0.29) is 6.04 Å². The van der Waals surface area contributed by atoms with Gasteiger partial charge in [0.1, 0.15) is 5.04 Å². The van der Waals surface area contributed by atoms with Crippen molar-refractivity contribution < 1.29 is 0 Å². The van der Waals surface area contributed by atoms with Gasteiger partial charge in [-0.05, 0) is 12.5 Å². The fraction of sp³-hybridized carbons (Fsp3) is 0.273. The van der Waals surface area contributed by atoms with E-state index < -0.39 is 0 Å². The summed E-state index contributed by atoms with van der Waals surface area (Å²) in [5.41, 5.74) is 7.00. The van der Waals surface area contributed by atoms with Crippen LogP contribution in [-0.2, 0) is 5.75 Å². The Balaban J connectivity index is 2.55. The minimum absolute atomic E-state index is 0.0933.